The first-order valence-corrected chi connectivity index (χ1v) is 6.40. The fourth-order valence-electron chi connectivity index (χ4n) is 1.66. The average Bonchev–Trinajstić information content (AvgIpc) is 2.37. The topological polar surface area (TPSA) is 12.0 Å². The van der Waals surface area contributed by atoms with E-state index in [2.05, 4.69) is 21.2 Å². The van der Waals surface area contributed by atoms with Crippen LogP contribution in [0.25, 0.3) is 0 Å². The van der Waals surface area contributed by atoms with Gasteiger partial charge in [0.2, 0.25) is 0 Å². The highest BCUT2D eigenvalue weighted by Crippen LogP contribution is 2.30. The van der Waals surface area contributed by atoms with Gasteiger partial charge in [-0.2, -0.15) is 13.2 Å². The van der Waals surface area contributed by atoms with Gasteiger partial charge in [-0.3, -0.25) is 0 Å². The fourth-order valence-corrected chi connectivity index (χ4v) is 2.08. The molecule has 100 valence electrons. The largest absolute Gasteiger partial charge is 0.416 e. The van der Waals surface area contributed by atoms with Gasteiger partial charge < -0.3 is 5.32 Å². The predicted octanol–water partition coefficient (Wildman–Crippen LogP) is 5.08. The Kier molecular flexibility index (Phi) is 4.14. The van der Waals surface area contributed by atoms with Crippen LogP contribution in [-0.4, -0.2) is 0 Å². The van der Waals surface area contributed by atoms with Crippen molar-refractivity contribution in [2.75, 3.05) is 5.32 Å². The molecule has 1 nitrogen and oxygen atoms in total. The van der Waals surface area contributed by atoms with Crippen LogP contribution in [0.1, 0.15) is 11.1 Å². The van der Waals surface area contributed by atoms with E-state index >= 15 is 0 Å². The molecule has 2 aromatic carbocycles. The summed E-state index contributed by atoms with van der Waals surface area (Å²) in [6.07, 6.45) is -4.30. The lowest BCUT2D eigenvalue weighted by atomic mass is 10.1. The summed E-state index contributed by atoms with van der Waals surface area (Å²) < 4.78 is 38.6. The van der Waals surface area contributed by atoms with Crippen LogP contribution in [0.4, 0.5) is 18.9 Å². The maximum absolute atomic E-state index is 12.6. The molecule has 2 aromatic rings. The molecule has 19 heavy (non-hydrogen) atoms. The molecule has 0 radical (unpaired) electrons. The van der Waals surface area contributed by atoms with Crippen molar-refractivity contribution < 1.29 is 13.2 Å². The highest BCUT2D eigenvalue weighted by molar-refractivity contribution is 9.10. The van der Waals surface area contributed by atoms with Gasteiger partial charge in [-0.15, -0.1) is 0 Å². The maximum Gasteiger partial charge on any atom is 0.416 e. The molecule has 0 heterocycles. The molecule has 0 aliphatic rings. The monoisotopic (exact) mass is 329 g/mol. The summed E-state index contributed by atoms with van der Waals surface area (Å²) in [4.78, 5) is 0. The Labute approximate surface area is 117 Å². The van der Waals surface area contributed by atoms with Gasteiger partial charge in [0.1, 0.15) is 0 Å². The fraction of sp³-hybridized carbons (Fsp3) is 0.143. The van der Waals surface area contributed by atoms with Gasteiger partial charge in [-0.25, -0.2) is 0 Å². The van der Waals surface area contributed by atoms with Crippen LogP contribution in [0.5, 0.6) is 0 Å². The van der Waals surface area contributed by atoms with Gasteiger partial charge in [0.25, 0.3) is 0 Å². The third kappa shape index (κ3) is 3.73. The molecule has 0 unspecified atom stereocenters. The molecule has 0 amide bonds. The van der Waals surface area contributed by atoms with Gasteiger partial charge in [0.05, 0.1) is 5.56 Å². The van der Waals surface area contributed by atoms with Crippen molar-refractivity contribution in [3.05, 3.63) is 64.1 Å². The van der Waals surface area contributed by atoms with E-state index in [4.69, 9.17) is 0 Å². The lowest BCUT2D eigenvalue weighted by Crippen LogP contribution is -2.07. The molecular formula is C14H11BrF3N. The number of halogens is 4. The third-order valence-electron chi connectivity index (χ3n) is 2.61. The van der Waals surface area contributed by atoms with Gasteiger partial charge >= 0.3 is 6.18 Å². The predicted molar refractivity (Wildman–Crippen MR) is 72.9 cm³/mol. The minimum absolute atomic E-state index is 0.340. The van der Waals surface area contributed by atoms with Gasteiger partial charge in [0.15, 0.2) is 0 Å². The number of benzene rings is 2. The molecule has 0 fully saturated rings. The van der Waals surface area contributed by atoms with Crippen molar-refractivity contribution in [2.45, 2.75) is 12.7 Å². The summed E-state index contributed by atoms with van der Waals surface area (Å²) in [6, 6.07) is 12.8. The molecule has 0 aromatic heterocycles. The van der Waals surface area contributed by atoms with E-state index in [0.717, 1.165) is 22.3 Å². The second kappa shape index (κ2) is 5.65. The summed E-state index contributed by atoms with van der Waals surface area (Å²) in [5, 5.41) is 3.09. The highest BCUT2D eigenvalue weighted by atomic mass is 79.9. The van der Waals surface area contributed by atoms with Crippen LogP contribution in [0.2, 0.25) is 0 Å². The molecule has 0 spiro atoms. The van der Waals surface area contributed by atoms with Crippen LogP contribution >= 0.6 is 15.9 Å². The molecule has 0 saturated heterocycles. The zero-order chi connectivity index (χ0) is 13.9. The Hall–Kier alpha value is -1.49. The zero-order valence-electron chi connectivity index (χ0n) is 9.84. The van der Waals surface area contributed by atoms with E-state index in [0.29, 0.717) is 12.1 Å². The van der Waals surface area contributed by atoms with E-state index in [-0.39, 0.29) is 0 Å². The smallest absolute Gasteiger partial charge is 0.380 e. The van der Waals surface area contributed by atoms with Crippen LogP contribution in [0.15, 0.2) is 53.0 Å². The van der Waals surface area contributed by atoms with Crippen molar-refractivity contribution in [1.82, 2.24) is 0 Å². The lowest BCUT2D eigenvalue weighted by Gasteiger charge is -2.11. The Morgan fingerprint density at radius 2 is 1.74 bits per heavy atom. The summed E-state index contributed by atoms with van der Waals surface area (Å²) in [6.45, 7) is 0.340. The van der Waals surface area contributed by atoms with E-state index in [1.54, 1.807) is 6.07 Å². The highest BCUT2D eigenvalue weighted by Gasteiger charge is 2.30. The lowest BCUT2D eigenvalue weighted by molar-refractivity contribution is -0.137. The van der Waals surface area contributed by atoms with E-state index in [1.807, 2.05) is 24.3 Å². The van der Waals surface area contributed by atoms with Gasteiger partial charge in [-0.05, 0) is 45.8 Å². The molecule has 1 N–H and O–H groups in total. The minimum atomic E-state index is -4.30. The molecule has 2 rings (SSSR count). The number of rotatable bonds is 3. The van der Waals surface area contributed by atoms with Crippen molar-refractivity contribution >= 4 is 21.6 Å². The molecule has 0 saturated carbocycles. The van der Waals surface area contributed by atoms with Crippen molar-refractivity contribution in [3.8, 4) is 0 Å². The van der Waals surface area contributed by atoms with Crippen molar-refractivity contribution in [3.63, 3.8) is 0 Å². The molecule has 5 heteroatoms. The molecule has 0 atom stereocenters. The summed E-state index contributed by atoms with van der Waals surface area (Å²) in [5.74, 6) is 0. The van der Waals surface area contributed by atoms with Crippen molar-refractivity contribution in [1.29, 1.82) is 0 Å². The van der Waals surface area contributed by atoms with Crippen LogP contribution in [-0.2, 0) is 12.7 Å². The maximum atomic E-state index is 12.6. The standard InChI is InChI=1S/C14H11BrF3N/c15-12-6-1-2-7-13(12)19-9-10-4-3-5-11(8-10)14(16,17)18/h1-8,19H,9H2. The van der Waals surface area contributed by atoms with Crippen molar-refractivity contribution in [2.24, 2.45) is 0 Å². The Bertz CT molecular complexity index is 567. The second-order valence-corrected chi connectivity index (χ2v) is 4.89. The first-order chi connectivity index (χ1) is 8.97. The van der Waals surface area contributed by atoms with Gasteiger partial charge in [-0.1, -0.05) is 24.3 Å². The molecule has 0 aliphatic carbocycles. The SMILES string of the molecule is FC(F)(F)c1cccc(CNc2ccccc2Br)c1. The molecular weight excluding hydrogens is 319 g/mol. The summed E-state index contributed by atoms with van der Waals surface area (Å²) in [5.41, 5.74) is 0.810. The number of anilines is 1. The Morgan fingerprint density at radius 3 is 2.42 bits per heavy atom. The van der Waals surface area contributed by atoms with Crippen LogP contribution < -0.4 is 5.32 Å². The molecule has 0 aliphatic heterocycles. The quantitative estimate of drug-likeness (QED) is 0.827. The second-order valence-electron chi connectivity index (χ2n) is 4.03. The first-order valence-electron chi connectivity index (χ1n) is 5.61. The van der Waals surface area contributed by atoms with E-state index < -0.39 is 11.7 Å². The molecule has 0 bridgehead atoms. The third-order valence-corrected chi connectivity index (χ3v) is 3.30. The van der Waals surface area contributed by atoms with E-state index in [1.165, 1.54) is 6.07 Å². The zero-order valence-corrected chi connectivity index (χ0v) is 11.4. The van der Waals surface area contributed by atoms with Gasteiger partial charge in [0, 0.05) is 16.7 Å². The first kappa shape index (κ1) is 13.9. The number of hydrogen-bond acceptors (Lipinski definition) is 1. The normalized spacial score (nSPS) is 11.4. The van der Waals surface area contributed by atoms with Crippen LogP contribution in [0.3, 0.4) is 0 Å². The number of para-hydroxylation sites is 1. The Balaban J connectivity index is 2.10. The number of nitrogens with one attached hydrogen (secondary N) is 1. The number of alkyl halides is 3. The average molecular weight is 330 g/mol. The number of hydrogen-bond donors (Lipinski definition) is 1. The minimum Gasteiger partial charge on any atom is -0.380 e. The summed E-state index contributed by atoms with van der Waals surface area (Å²) in [7, 11) is 0. The van der Waals surface area contributed by atoms with E-state index in [9.17, 15) is 13.2 Å². The summed E-state index contributed by atoms with van der Waals surface area (Å²) >= 11 is 3.37. The van der Waals surface area contributed by atoms with Crippen LogP contribution in [0, 0.1) is 0 Å². The Morgan fingerprint density at radius 1 is 1.00 bits per heavy atom.